The molecule has 9 nitrogen and oxygen atoms in total. The van der Waals surface area contributed by atoms with Crippen molar-refractivity contribution in [2.24, 2.45) is 5.73 Å². The maximum Gasteiger partial charge on any atom is 0.264 e. The molecule has 2 atom stereocenters. The van der Waals surface area contributed by atoms with Crippen LogP contribution in [0.4, 0.5) is 0 Å². The molecule has 0 spiro atoms. The molecular weight excluding hydrogens is 326 g/mol. The Balaban J connectivity index is 0.000000585. The fourth-order valence-electron chi connectivity index (χ4n) is 2.00. The first-order valence-corrected chi connectivity index (χ1v) is 9.35. The Morgan fingerprint density at radius 1 is 1.09 bits per heavy atom. The monoisotopic (exact) mass is 357 g/mol. The first-order valence-electron chi connectivity index (χ1n) is 7.74. The van der Waals surface area contributed by atoms with Crippen LogP contribution in [-0.2, 0) is 10.1 Å². The Labute approximate surface area is 138 Å². The summed E-state index contributed by atoms with van der Waals surface area (Å²) in [6, 6.07) is -0.486. The summed E-state index contributed by atoms with van der Waals surface area (Å²) in [5.41, 5.74) is 5.12. The summed E-state index contributed by atoms with van der Waals surface area (Å²) in [6.07, 6.45) is -0.135. The normalized spacial score (nSPS) is 19.7. The molecule has 1 heterocycles. The molecule has 1 rings (SSSR count). The molecule has 2 unspecified atom stereocenters. The zero-order valence-corrected chi connectivity index (χ0v) is 14.5. The van der Waals surface area contributed by atoms with Crippen LogP contribution in [0, 0.1) is 0 Å². The predicted molar refractivity (Wildman–Crippen MR) is 87.7 cm³/mol. The highest BCUT2D eigenvalue weighted by Crippen LogP contribution is 2.02. The average molecular weight is 357 g/mol. The van der Waals surface area contributed by atoms with Gasteiger partial charge in [-0.05, 0) is 19.9 Å². The first kappa shape index (κ1) is 22.7. The molecule has 0 bridgehead atoms. The molecule has 0 aliphatic carbocycles. The van der Waals surface area contributed by atoms with Gasteiger partial charge in [0.25, 0.3) is 10.1 Å². The molecule has 10 heteroatoms. The summed E-state index contributed by atoms with van der Waals surface area (Å²) in [7, 11) is -3.81. The maximum atomic E-state index is 10.5. The third kappa shape index (κ3) is 12.7. The van der Waals surface area contributed by atoms with Crippen LogP contribution in [0.2, 0.25) is 0 Å². The van der Waals surface area contributed by atoms with Crippen molar-refractivity contribution in [2.75, 3.05) is 58.2 Å². The van der Waals surface area contributed by atoms with E-state index in [4.69, 9.17) is 25.6 Å². The number of rotatable bonds is 8. The van der Waals surface area contributed by atoms with E-state index in [0.717, 1.165) is 26.2 Å². The van der Waals surface area contributed by atoms with Gasteiger partial charge in [-0.15, -0.1) is 0 Å². The van der Waals surface area contributed by atoms with Crippen LogP contribution in [0.1, 0.15) is 13.3 Å². The Morgan fingerprint density at radius 2 is 1.57 bits per heavy atom. The number of aliphatic hydroxyl groups excluding tert-OH is 3. The molecule has 140 valence electrons. The number of aliphatic hydroxyl groups is 3. The number of β-amino-alcohol motifs (C(OH)–C–C–N with tert-alkyl or cyclic N) is 1. The van der Waals surface area contributed by atoms with Gasteiger partial charge in [0.1, 0.15) is 0 Å². The van der Waals surface area contributed by atoms with Gasteiger partial charge < -0.3 is 26.0 Å². The van der Waals surface area contributed by atoms with Crippen molar-refractivity contribution in [1.82, 2.24) is 9.80 Å². The topological polar surface area (TPSA) is 148 Å². The van der Waals surface area contributed by atoms with Gasteiger partial charge in [-0.2, -0.15) is 8.42 Å². The van der Waals surface area contributed by atoms with Crippen LogP contribution in [-0.4, -0.2) is 108 Å². The van der Waals surface area contributed by atoms with Crippen molar-refractivity contribution in [3.05, 3.63) is 0 Å². The van der Waals surface area contributed by atoms with Crippen LogP contribution in [0.15, 0.2) is 0 Å². The number of nitrogens with zero attached hydrogens (tertiary/aromatic N) is 2. The molecule has 0 aromatic carbocycles. The second kappa shape index (κ2) is 12.1. The van der Waals surface area contributed by atoms with E-state index in [1.54, 1.807) is 6.92 Å². The third-order valence-corrected chi connectivity index (χ3v) is 4.39. The summed E-state index contributed by atoms with van der Waals surface area (Å²) in [4.78, 5) is 4.36. The van der Waals surface area contributed by atoms with Crippen molar-refractivity contribution >= 4 is 10.1 Å². The van der Waals surface area contributed by atoms with E-state index >= 15 is 0 Å². The lowest BCUT2D eigenvalue weighted by Crippen LogP contribution is -2.47. The third-order valence-electron chi connectivity index (χ3n) is 3.59. The summed E-state index contributed by atoms with van der Waals surface area (Å²) in [5.74, 6) is -0.163. The van der Waals surface area contributed by atoms with E-state index in [1.807, 2.05) is 0 Å². The SMILES string of the molecule is CC(O)C(N)CO.O=S(=O)(O)CCCN1CCN(CCO)CC1. The summed E-state index contributed by atoms with van der Waals surface area (Å²) < 4.78 is 29.6. The lowest BCUT2D eigenvalue weighted by molar-refractivity contribution is 0.113. The van der Waals surface area contributed by atoms with Crippen LogP contribution in [0.5, 0.6) is 0 Å². The molecule has 1 fully saturated rings. The van der Waals surface area contributed by atoms with Gasteiger partial charge in [0.15, 0.2) is 0 Å². The zero-order valence-electron chi connectivity index (χ0n) is 13.7. The fourth-order valence-corrected chi connectivity index (χ4v) is 2.49. The van der Waals surface area contributed by atoms with Gasteiger partial charge in [-0.25, -0.2) is 0 Å². The Morgan fingerprint density at radius 3 is 1.87 bits per heavy atom. The van der Waals surface area contributed by atoms with E-state index in [0.29, 0.717) is 19.5 Å². The fraction of sp³-hybridized carbons (Fsp3) is 1.00. The van der Waals surface area contributed by atoms with Gasteiger partial charge >= 0.3 is 0 Å². The molecule has 0 aromatic heterocycles. The molecule has 1 saturated heterocycles. The van der Waals surface area contributed by atoms with Crippen molar-refractivity contribution in [3.63, 3.8) is 0 Å². The highest BCUT2D eigenvalue weighted by atomic mass is 32.2. The zero-order chi connectivity index (χ0) is 17.9. The average Bonchev–Trinajstić information content (AvgIpc) is 2.48. The summed E-state index contributed by atoms with van der Waals surface area (Å²) in [6.45, 7) is 6.59. The maximum absolute atomic E-state index is 10.5. The molecule has 1 aliphatic heterocycles. The van der Waals surface area contributed by atoms with E-state index in [1.165, 1.54) is 0 Å². The minimum atomic E-state index is -3.81. The Kier molecular flexibility index (Phi) is 11.9. The van der Waals surface area contributed by atoms with Crippen LogP contribution in [0.3, 0.4) is 0 Å². The second-order valence-electron chi connectivity index (χ2n) is 5.63. The summed E-state index contributed by atoms with van der Waals surface area (Å²) in [5, 5.41) is 25.5. The van der Waals surface area contributed by atoms with Crippen LogP contribution >= 0.6 is 0 Å². The van der Waals surface area contributed by atoms with Crippen LogP contribution < -0.4 is 5.73 Å². The van der Waals surface area contributed by atoms with Gasteiger partial charge in [0.2, 0.25) is 0 Å². The van der Waals surface area contributed by atoms with E-state index < -0.39 is 22.3 Å². The minimum Gasteiger partial charge on any atom is -0.395 e. The molecule has 0 amide bonds. The molecular formula is C13H31N3O6S. The summed E-state index contributed by atoms with van der Waals surface area (Å²) >= 11 is 0. The lowest BCUT2D eigenvalue weighted by atomic mass is 10.2. The van der Waals surface area contributed by atoms with Crippen molar-refractivity contribution in [2.45, 2.75) is 25.5 Å². The molecule has 23 heavy (non-hydrogen) atoms. The Bertz CT molecular complexity index is 385. The van der Waals surface area contributed by atoms with Crippen molar-refractivity contribution in [3.8, 4) is 0 Å². The number of hydrogen-bond donors (Lipinski definition) is 5. The molecule has 0 saturated carbocycles. The van der Waals surface area contributed by atoms with Gasteiger partial charge in [0.05, 0.1) is 31.1 Å². The second-order valence-corrected chi connectivity index (χ2v) is 7.21. The van der Waals surface area contributed by atoms with Gasteiger partial charge in [-0.3, -0.25) is 9.45 Å². The molecule has 0 radical (unpaired) electrons. The smallest absolute Gasteiger partial charge is 0.264 e. The van der Waals surface area contributed by atoms with E-state index in [-0.39, 0.29) is 19.0 Å². The lowest BCUT2D eigenvalue weighted by Gasteiger charge is -2.34. The minimum absolute atomic E-state index is 0.155. The highest BCUT2D eigenvalue weighted by Gasteiger charge is 2.16. The highest BCUT2D eigenvalue weighted by molar-refractivity contribution is 7.85. The van der Waals surface area contributed by atoms with E-state index in [9.17, 15) is 8.42 Å². The largest absolute Gasteiger partial charge is 0.395 e. The van der Waals surface area contributed by atoms with Crippen LogP contribution in [0.25, 0.3) is 0 Å². The van der Waals surface area contributed by atoms with E-state index in [2.05, 4.69) is 9.80 Å². The predicted octanol–water partition coefficient (Wildman–Crippen LogP) is -2.44. The van der Waals surface area contributed by atoms with Crippen molar-refractivity contribution in [1.29, 1.82) is 0 Å². The number of nitrogens with two attached hydrogens (primary N) is 1. The number of hydrogen-bond acceptors (Lipinski definition) is 8. The first-order chi connectivity index (χ1) is 10.7. The molecule has 6 N–H and O–H groups in total. The Hall–Kier alpha value is -0.330. The molecule has 1 aliphatic rings. The van der Waals surface area contributed by atoms with Gasteiger partial charge in [-0.1, -0.05) is 0 Å². The quantitative estimate of drug-likeness (QED) is 0.299. The number of piperazine rings is 1. The molecule has 0 aromatic rings. The standard InChI is InChI=1S/C9H20N2O4S.C4H11NO2/c12-8-7-11-5-3-10(4-6-11)2-1-9-16(13,14)15;1-3(7)4(5)2-6/h12H,1-9H2,(H,13,14,15);3-4,6-7H,2,5H2,1H3. The van der Waals surface area contributed by atoms with Gasteiger partial charge in [0, 0.05) is 32.7 Å². The van der Waals surface area contributed by atoms with Crippen molar-refractivity contribution < 1.29 is 28.3 Å².